The Kier molecular flexibility index (Phi) is 15.9. The maximum absolute atomic E-state index is 13.1. The summed E-state index contributed by atoms with van der Waals surface area (Å²) < 4.78 is 0. The topological polar surface area (TPSA) is 35.1 Å². The van der Waals surface area contributed by atoms with Crippen molar-refractivity contribution in [2.45, 2.75) is 169 Å². The molecule has 0 aliphatic rings. The van der Waals surface area contributed by atoms with Crippen molar-refractivity contribution < 1.29 is 5.11 Å². The third-order valence-electron chi connectivity index (χ3n) is 7.36. The predicted octanol–water partition coefficient (Wildman–Crippen LogP) is 9.71. The predicted molar refractivity (Wildman–Crippen MR) is 155 cm³/mol. The average molecular weight is 487 g/mol. The van der Waals surface area contributed by atoms with E-state index in [1.54, 1.807) is 0 Å². The molecule has 0 saturated heterocycles. The fourth-order valence-electron chi connectivity index (χ4n) is 4.83. The molecular formula is C33H60NO-. The van der Waals surface area contributed by atoms with Gasteiger partial charge in [-0.1, -0.05) is 157 Å². The van der Waals surface area contributed by atoms with Crippen LogP contribution in [-0.2, 0) is 17.4 Å². The first-order valence-corrected chi connectivity index (χ1v) is 15.1. The zero-order valence-electron chi connectivity index (χ0n) is 24.8. The molecule has 0 saturated carbocycles. The van der Waals surface area contributed by atoms with Gasteiger partial charge in [0.15, 0.2) is 0 Å². The molecule has 1 aromatic rings. The van der Waals surface area contributed by atoms with E-state index in [1.165, 1.54) is 108 Å². The van der Waals surface area contributed by atoms with Gasteiger partial charge in [-0.3, -0.25) is 0 Å². The molecule has 0 spiro atoms. The molecule has 0 aliphatic heterocycles. The molecule has 1 aromatic carbocycles. The van der Waals surface area contributed by atoms with Crippen LogP contribution < -0.4 is 10.4 Å². The van der Waals surface area contributed by atoms with E-state index in [0.29, 0.717) is 6.54 Å². The number of nitrogens with one attached hydrogen (secondary N) is 1. The molecular weight excluding hydrogens is 426 g/mol. The van der Waals surface area contributed by atoms with Crippen molar-refractivity contribution in [2.24, 2.45) is 0 Å². The average Bonchev–Trinajstić information content (AvgIpc) is 2.77. The van der Waals surface area contributed by atoms with Crippen LogP contribution in [0.5, 0.6) is 5.75 Å². The van der Waals surface area contributed by atoms with Crippen molar-refractivity contribution in [3.8, 4) is 5.75 Å². The summed E-state index contributed by atoms with van der Waals surface area (Å²) in [4.78, 5) is 0. The van der Waals surface area contributed by atoms with Gasteiger partial charge < -0.3 is 10.4 Å². The molecule has 1 N–H and O–H groups in total. The monoisotopic (exact) mass is 486 g/mol. The minimum absolute atomic E-state index is 0.0519. The van der Waals surface area contributed by atoms with Gasteiger partial charge in [-0.2, -0.15) is 0 Å². The van der Waals surface area contributed by atoms with Crippen molar-refractivity contribution >= 4 is 0 Å². The summed E-state index contributed by atoms with van der Waals surface area (Å²) in [6.07, 6.45) is 22.4. The van der Waals surface area contributed by atoms with Gasteiger partial charge in [-0.05, 0) is 40.5 Å². The number of hydrogen-bond donors (Lipinski definition) is 1. The van der Waals surface area contributed by atoms with Gasteiger partial charge in [0.2, 0.25) is 0 Å². The second-order valence-electron chi connectivity index (χ2n) is 13.0. The summed E-state index contributed by atoms with van der Waals surface area (Å²) in [5.41, 5.74) is 3.07. The molecule has 0 heterocycles. The van der Waals surface area contributed by atoms with Crippen LogP contribution >= 0.6 is 0 Å². The lowest BCUT2D eigenvalue weighted by Crippen LogP contribution is -2.22. The highest BCUT2D eigenvalue weighted by Gasteiger charge is 2.21. The van der Waals surface area contributed by atoms with E-state index < -0.39 is 0 Å². The van der Waals surface area contributed by atoms with E-state index in [1.807, 2.05) is 0 Å². The van der Waals surface area contributed by atoms with Crippen LogP contribution in [0.2, 0.25) is 0 Å². The minimum atomic E-state index is -0.124. The Morgan fingerprint density at radius 3 is 1.43 bits per heavy atom. The third-order valence-corrected chi connectivity index (χ3v) is 7.36. The summed E-state index contributed by atoms with van der Waals surface area (Å²) in [5, 5.41) is 16.6. The number of unbranched alkanes of at least 4 members (excludes halogenated alkanes) is 15. The van der Waals surface area contributed by atoms with Crippen LogP contribution in [0.4, 0.5) is 0 Å². The Hall–Kier alpha value is -1.02. The van der Waals surface area contributed by atoms with Crippen LogP contribution in [0.25, 0.3) is 0 Å². The van der Waals surface area contributed by atoms with Gasteiger partial charge in [-0.25, -0.2) is 0 Å². The van der Waals surface area contributed by atoms with E-state index in [9.17, 15) is 5.11 Å². The molecule has 0 amide bonds. The quantitative estimate of drug-likeness (QED) is 0.197. The lowest BCUT2D eigenvalue weighted by molar-refractivity contribution is -0.271. The third kappa shape index (κ3) is 14.3. The first kappa shape index (κ1) is 32.0. The zero-order valence-corrected chi connectivity index (χ0v) is 24.8. The Balaban J connectivity index is 2.12. The summed E-state index contributed by atoms with van der Waals surface area (Å²) in [6, 6.07) is 4.28. The molecule has 0 atom stereocenters. The molecule has 1 rings (SSSR count). The normalized spacial score (nSPS) is 12.4. The number of benzene rings is 1. The zero-order chi connectivity index (χ0) is 26.2. The maximum atomic E-state index is 13.1. The molecule has 35 heavy (non-hydrogen) atoms. The van der Waals surface area contributed by atoms with Crippen molar-refractivity contribution in [3.63, 3.8) is 0 Å². The van der Waals surface area contributed by atoms with E-state index in [4.69, 9.17) is 0 Å². The molecule has 0 unspecified atom stereocenters. The fourth-order valence-corrected chi connectivity index (χ4v) is 4.83. The van der Waals surface area contributed by atoms with Gasteiger partial charge in [-0.15, -0.1) is 5.75 Å². The molecule has 0 fully saturated rings. The Morgan fingerprint density at radius 2 is 1.03 bits per heavy atom. The lowest BCUT2D eigenvalue weighted by atomic mass is 9.79. The molecule has 0 radical (unpaired) electrons. The Labute approximate surface area is 220 Å². The van der Waals surface area contributed by atoms with E-state index in [0.717, 1.165) is 17.7 Å². The molecule has 0 bridgehead atoms. The number of hydrogen-bond acceptors (Lipinski definition) is 2. The van der Waals surface area contributed by atoms with E-state index >= 15 is 0 Å². The fraction of sp³-hybridized carbons (Fsp3) is 0.818. The number of rotatable bonds is 19. The lowest BCUT2D eigenvalue weighted by Gasteiger charge is -2.32. The largest absolute Gasteiger partial charge is 0.872 e. The second kappa shape index (κ2) is 17.4. The summed E-state index contributed by atoms with van der Waals surface area (Å²) >= 11 is 0. The minimum Gasteiger partial charge on any atom is -0.872 e. The van der Waals surface area contributed by atoms with Crippen LogP contribution in [0, 0.1) is 0 Å². The summed E-state index contributed by atoms with van der Waals surface area (Å²) in [5.74, 6) is 0.227. The Bertz CT molecular complexity index is 665. The molecule has 0 aromatic heterocycles. The molecule has 2 nitrogen and oxygen atoms in total. The van der Waals surface area contributed by atoms with Crippen molar-refractivity contribution in [2.75, 3.05) is 6.54 Å². The second-order valence-corrected chi connectivity index (χ2v) is 13.0. The van der Waals surface area contributed by atoms with Crippen molar-refractivity contribution in [3.05, 3.63) is 28.8 Å². The van der Waals surface area contributed by atoms with Crippen molar-refractivity contribution in [1.82, 2.24) is 5.32 Å². The molecule has 204 valence electrons. The van der Waals surface area contributed by atoms with Gasteiger partial charge in [0.05, 0.1) is 0 Å². The van der Waals surface area contributed by atoms with E-state index in [-0.39, 0.29) is 16.6 Å². The van der Waals surface area contributed by atoms with Crippen LogP contribution in [0.1, 0.15) is 168 Å². The molecule has 0 aliphatic carbocycles. The highest BCUT2D eigenvalue weighted by atomic mass is 16.3. The first-order valence-electron chi connectivity index (χ1n) is 15.1. The van der Waals surface area contributed by atoms with E-state index in [2.05, 4.69) is 65.9 Å². The smallest absolute Gasteiger partial charge is 0.0199 e. The van der Waals surface area contributed by atoms with Crippen LogP contribution in [0.3, 0.4) is 0 Å². The highest BCUT2D eigenvalue weighted by molar-refractivity contribution is 5.47. The van der Waals surface area contributed by atoms with Crippen LogP contribution in [-0.4, -0.2) is 6.54 Å². The maximum Gasteiger partial charge on any atom is 0.0199 e. The van der Waals surface area contributed by atoms with Crippen molar-refractivity contribution in [1.29, 1.82) is 0 Å². The van der Waals surface area contributed by atoms with Gasteiger partial charge in [0.1, 0.15) is 0 Å². The van der Waals surface area contributed by atoms with Crippen LogP contribution in [0.15, 0.2) is 12.1 Å². The van der Waals surface area contributed by atoms with Gasteiger partial charge in [0.25, 0.3) is 0 Å². The SMILES string of the molecule is CCCCCCCCCCCCCCCCCCNCc1cc(C(C)(C)C)cc(C(C)(C)C)c1[O-]. The summed E-state index contributed by atoms with van der Waals surface area (Å²) in [6.45, 7) is 17.1. The molecule has 2 heteroatoms. The standard InChI is InChI=1S/C33H61NO/c1-8-9-10-11-12-13-14-15-16-17-18-19-20-21-22-23-24-34-27-28-25-29(32(2,3)4)26-30(31(28)35)33(5,6)7/h25-26,34-35H,8-24,27H2,1-7H3/p-1. The first-order chi connectivity index (χ1) is 16.6. The summed E-state index contributed by atoms with van der Waals surface area (Å²) in [7, 11) is 0. The Morgan fingerprint density at radius 1 is 0.600 bits per heavy atom. The van der Waals surface area contributed by atoms with Gasteiger partial charge >= 0.3 is 0 Å². The highest BCUT2D eigenvalue weighted by Crippen LogP contribution is 2.36. The van der Waals surface area contributed by atoms with Gasteiger partial charge in [0, 0.05) is 6.54 Å².